The molecule has 1 fully saturated rings. The van der Waals surface area contributed by atoms with Gasteiger partial charge in [-0.3, -0.25) is 9.59 Å². The SMILES string of the molecule is CN(C)S(=O)(=O)c1ccc(=O)n(C2CCC(C)(C)C2=O)c1. The van der Waals surface area contributed by atoms with Crippen LogP contribution in [0.2, 0.25) is 0 Å². The number of carbonyl (C=O) groups is 1. The Kier molecular flexibility index (Phi) is 3.84. The lowest BCUT2D eigenvalue weighted by Crippen LogP contribution is -2.32. The summed E-state index contributed by atoms with van der Waals surface area (Å²) in [5.41, 5.74) is -0.829. The molecule has 1 aromatic rings. The molecule has 2 rings (SSSR count). The average Bonchev–Trinajstić information content (AvgIpc) is 2.65. The van der Waals surface area contributed by atoms with E-state index in [1.165, 1.54) is 37.0 Å². The van der Waals surface area contributed by atoms with E-state index >= 15 is 0 Å². The Labute approximate surface area is 124 Å². The van der Waals surface area contributed by atoms with Gasteiger partial charge in [-0.1, -0.05) is 13.8 Å². The monoisotopic (exact) mass is 312 g/mol. The van der Waals surface area contributed by atoms with Crippen molar-refractivity contribution in [2.24, 2.45) is 5.41 Å². The first-order chi connectivity index (χ1) is 9.57. The van der Waals surface area contributed by atoms with Crippen molar-refractivity contribution in [3.05, 3.63) is 28.7 Å². The molecular weight excluding hydrogens is 292 g/mol. The van der Waals surface area contributed by atoms with E-state index in [0.717, 1.165) is 4.31 Å². The molecular formula is C14H20N2O4S. The van der Waals surface area contributed by atoms with Gasteiger partial charge in [0.05, 0.1) is 10.9 Å². The zero-order valence-electron chi connectivity index (χ0n) is 12.7. The molecule has 0 aromatic carbocycles. The van der Waals surface area contributed by atoms with Crippen molar-refractivity contribution in [1.29, 1.82) is 0 Å². The molecule has 6 nitrogen and oxygen atoms in total. The Morgan fingerprint density at radius 1 is 1.24 bits per heavy atom. The average molecular weight is 312 g/mol. The van der Waals surface area contributed by atoms with Crippen LogP contribution in [-0.2, 0) is 14.8 Å². The van der Waals surface area contributed by atoms with Gasteiger partial charge in [-0.25, -0.2) is 12.7 Å². The van der Waals surface area contributed by atoms with Crippen molar-refractivity contribution in [2.45, 2.75) is 37.6 Å². The van der Waals surface area contributed by atoms with Crippen molar-refractivity contribution in [1.82, 2.24) is 8.87 Å². The summed E-state index contributed by atoms with van der Waals surface area (Å²) in [6, 6.07) is 1.90. The van der Waals surface area contributed by atoms with E-state index in [1.54, 1.807) is 0 Å². The summed E-state index contributed by atoms with van der Waals surface area (Å²) in [6.07, 6.45) is 2.52. The standard InChI is InChI=1S/C14H20N2O4S/c1-14(2)8-7-11(13(14)18)16-9-10(5-6-12(16)17)21(19,20)15(3)4/h5-6,9,11H,7-8H2,1-4H3. The summed E-state index contributed by atoms with van der Waals surface area (Å²) in [5, 5.41) is 0. The number of pyridine rings is 1. The van der Waals surface area contributed by atoms with E-state index in [-0.39, 0.29) is 16.2 Å². The molecule has 0 amide bonds. The van der Waals surface area contributed by atoms with Crippen LogP contribution in [0.5, 0.6) is 0 Å². The molecule has 1 aliphatic rings. The molecule has 21 heavy (non-hydrogen) atoms. The molecule has 0 radical (unpaired) electrons. The van der Waals surface area contributed by atoms with Crippen LogP contribution >= 0.6 is 0 Å². The maximum Gasteiger partial charge on any atom is 0.251 e. The van der Waals surface area contributed by atoms with Crippen molar-refractivity contribution >= 4 is 15.8 Å². The second kappa shape index (κ2) is 5.06. The highest BCUT2D eigenvalue weighted by molar-refractivity contribution is 7.89. The highest BCUT2D eigenvalue weighted by atomic mass is 32.2. The van der Waals surface area contributed by atoms with Gasteiger partial charge < -0.3 is 4.57 Å². The van der Waals surface area contributed by atoms with Gasteiger partial charge in [0, 0.05) is 31.8 Å². The first-order valence-electron chi connectivity index (χ1n) is 6.76. The number of hydrogen-bond donors (Lipinski definition) is 0. The van der Waals surface area contributed by atoms with E-state index in [0.29, 0.717) is 12.8 Å². The second-order valence-electron chi connectivity index (χ2n) is 6.20. The normalized spacial score (nSPS) is 22.0. The van der Waals surface area contributed by atoms with Gasteiger partial charge in [0.15, 0.2) is 5.78 Å². The Morgan fingerprint density at radius 3 is 2.33 bits per heavy atom. The summed E-state index contributed by atoms with van der Waals surface area (Å²) in [5.74, 6) is -0.0241. The molecule has 0 spiro atoms. The predicted octanol–water partition coefficient (Wildman–Crippen LogP) is 1.03. The number of carbonyl (C=O) groups excluding carboxylic acids is 1. The van der Waals surface area contributed by atoms with Gasteiger partial charge >= 0.3 is 0 Å². The highest BCUT2D eigenvalue weighted by Gasteiger charge is 2.41. The van der Waals surface area contributed by atoms with Crippen LogP contribution in [0.4, 0.5) is 0 Å². The fraction of sp³-hybridized carbons (Fsp3) is 0.571. The molecule has 1 heterocycles. The number of rotatable bonds is 3. The molecule has 1 unspecified atom stereocenters. The predicted molar refractivity (Wildman–Crippen MR) is 78.6 cm³/mol. The van der Waals surface area contributed by atoms with E-state index in [4.69, 9.17) is 0 Å². The molecule has 0 N–H and O–H groups in total. The third kappa shape index (κ3) is 2.67. The second-order valence-corrected chi connectivity index (χ2v) is 8.35. The molecule has 1 saturated carbocycles. The number of nitrogens with zero attached hydrogens (tertiary/aromatic N) is 2. The molecule has 1 aliphatic carbocycles. The van der Waals surface area contributed by atoms with Gasteiger partial charge in [0.1, 0.15) is 0 Å². The number of aromatic nitrogens is 1. The van der Waals surface area contributed by atoms with Crippen molar-refractivity contribution < 1.29 is 13.2 Å². The minimum Gasteiger partial charge on any atom is -0.304 e. The largest absolute Gasteiger partial charge is 0.304 e. The maximum atomic E-state index is 12.4. The Balaban J connectivity index is 2.52. The third-order valence-electron chi connectivity index (χ3n) is 4.04. The summed E-state index contributed by atoms with van der Waals surface area (Å²) >= 11 is 0. The number of Topliss-reactive ketones (excluding diaryl/α,β-unsaturated/α-hetero) is 1. The lowest BCUT2D eigenvalue weighted by atomic mass is 9.90. The Bertz CT molecular complexity index is 732. The first kappa shape index (κ1) is 15.9. The van der Waals surface area contributed by atoms with Gasteiger partial charge in [0.25, 0.3) is 5.56 Å². The molecule has 1 atom stereocenters. The Morgan fingerprint density at radius 2 is 1.86 bits per heavy atom. The fourth-order valence-electron chi connectivity index (χ4n) is 2.56. The first-order valence-corrected chi connectivity index (χ1v) is 8.20. The van der Waals surface area contributed by atoms with Crippen LogP contribution in [0.1, 0.15) is 32.7 Å². The minimum absolute atomic E-state index is 0.0182. The number of sulfonamides is 1. The summed E-state index contributed by atoms with van der Waals surface area (Å²) in [6.45, 7) is 3.70. The van der Waals surface area contributed by atoms with Crippen molar-refractivity contribution in [3.63, 3.8) is 0 Å². The fourth-order valence-corrected chi connectivity index (χ4v) is 3.47. The van der Waals surface area contributed by atoms with Gasteiger partial charge in [-0.05, 0) is 18.9 Å². The molecule has 0 saturated heterocycles. The van der Waals surface area contributed by atoms with Crippen LogP contribution in [0.25, 0.3) is 0 Å². The zero-order valence-corrected chi connectivity index (χ0v) is 13.5. The van der Waals surface area contributed by atoms with E-state index in [9.17, 15) is 18.0 Å². The van der Waals surface area contributed by atoms with Crippen LogP contribution in [-0.4, -0.2) is 37.2 Å². The van der Waals surface area contributed by atoms with Gasteiger partial charge in [-0.2, -0.15) is 0 Å². The van der Waals surface area contributed by atoms with E-state index < -0.39 is 21.5 Å². The molecule has 0 bridgehead atoms. The number of hydrogen-bond acceptors (Lipinski definition) is 4. The third-order valence-corrected chi connectivity index (χ3v) is 5.84. The van der Waals surface area contributed by atoms with Crippen LogP contribution in [0.3, 0.4) is 0 Å². The molecule has 7 heteroatoms. The quantitative estimate of drug-likeness (QED) is 0.835. The van der Waals surface area contributed by atoms with Crippen LogP contribution in [0, 0.1) is 5.41 Å². The lowest BCUT2D eigenvalue weighted by Gasteiger charge is -2.18. The highest BCUT2D eigenvalue weighted by Crippen LogP contribution is 2.39. The summed E-state index contributed by atoms with van der Waals surface area (Å²) < 4.78 is 26.6. The molecule has 0 aliphatic heterocycles. The molecule has 116 valence electrons. The summed E-state index contributed by atoms with van der Waals surface area (Å²) in [7, 11) is -0.779. The Hall–Kier alpha value is -1.47. The van der Waals surface area contributed by atoms with Gasteiger partial charge in [-0.15, -0.1) is 0 Å². The number of ketones is 1. The topological polar surface area (TPSA) is 76.5 Å². The van der Waals surface area contributed by atoms with Crippen molar-refractivity contribution in [2.75, 3.05) is 14.1 Å². The van der Waals surface area contributed by atoms with Crippen LogP contribution < -0.4 is 5.56 Å². The zero-order chi connectivity index (χ0) is 16.0. The smallest absolute Gasteiger partial charge is 0.251 e. The lowest BCUT2D eigenvalue weighted by molar-refractivity contribution is -0.127. The summed E-state index contributed by atoms with van der Waals surface area (Å²) in [4.78, 5) is 24.4. The minimum atomic E-state index is -3.63. The van der Waals surface area contributed by atoms with Crippen LogP contribution in [0.15, 0.2) is 28.0 Å². The van der Waals surface area contributed by atoms with E-state index in [1.807, 2.05) is 13.8 Å². The molecule has 1 aromatic heterocycles. The maximum absolute atomic E-state index is 12.4. The van der Waals surface area contributed by atoms with Crippen molar-refractivity contribution in [3.8, 4) is 0 Å². The van der Waals surface area contributed by atoms with Gasteiger partial charge in [0.2, 0.25) is 10.0 Å². The van der Waals surface area contributed by atoms with E-state index in [2.05, 4.69) is 0 Å².